The second-order valence-corrected chi connectivity index (χ2v) is 3.99. The SMILES string of the molecule is C=C[C@H](OCCC)[C@@H](O)[C@H](C)OCCCC. The molecule has 0 bridgehead atoms. The van der Waals surface area contributed by atoms with Gasteiger partial charge in [-0.1, -0.05) is 26.3 Å². The van der Waals surface area contributed by atoms with E-state index in [9.17, 15) is 5.11 Å². The third kappa shape index (κ3) is 6.26. The van der Waals surface area contributed by atoms with Crippen molar-refractivity contribution in [2.24, 2.45) is 0 Å². The lowest BCUT2D eigenvalue weighted by Crippen LogP contribution is -2.38. The van der Waals surface area contributed by atoms with Gasteiger partial charge in [0.25, 0.3) is 0 Å². The van der Waals surface area contributed by atoms with Crippen LogP contribution in [-0.2, 0) is 9.47 Å². The van der Waals surface area contributed by atoms with Gasteiger partial charge in [-0.2, -0.15) is 0 Å². The predicted molar refractivity (Wildman–Crippen MR) is 66.6 cm³/mol. The summed E-state index contributed by atoms with van der Waals surface area (Å²) in [5.41, 5.74) is 0. The Balaban J connectivity index is 3.95. The van der Waals surface area contributed by atoms with Crippen LogP contribution in [0.4, 0.5) is 0 Å². The van der Waals surface area contributed by atoms with E-state index in [1.807, 2.05) is 13.8 Å². The predicted octanol–water partition coefficient (Wildman–Crippen LogP) is 2.53. The van der Waals surface area contributed by atoms with E-state index < -0.39 is 6.10 Å². The zero-order valence-corrected chi connectivity index (χ0v) is 10.8. The fourth-order valence-corrected chi connectivity index (χ4v) is 1.34. The Labute approximate surface area is 99.5 Å². The molecule has 0 aliphatic carbocycles. The van der Waals surface area contributed by atoms with E-state index >= 15 is 0 Å². The van der Waals surface area contributed by atoms with E-state index in [-0.39, 0.29) is 12.2 Å². The molecule has 0 fully saturated rings. The van der Waals surface area contributed by atoms with E-state index in [2.05, 4.69) is 13.5 Å². The molecule has 96 valence electrons. The summed E-state index contributed by atoms with van der Waals surface area (Å²) in [6.45, 7) is 11.0. The van der Waals surface area contributed by atoms with E-state index in [0.717, 1.165) is 19.3 Å². The van der Waals surface area contributed by atoms with Crippen molar-refractivity contribution in [2.45, 2.75) is 58.3 Å². The van der Waals surface area contributed by atoms with Gasteiger partial charge in [-0.3, -0.25) is 0 Å². The van der Waals surface area contributed by atoms with Gasteiger partial charge in [-0.05, 0) is 19.8 Å². The number of rotatable bonds is 10. The van der Waals surface area contributed by atoms with Crippen molar-refractivity contribution < 1.29 is 14.6 Å². The fourth-order valence-electron chi connectivity index (χ4n) is 1.34. The standard InChI is InChI=1S/C13H26O3/c1-5-8-10-15-11(4)13(14)12(7-3)16-9-6-2/h7,11-14H,3,5-6,8-10H2,1-2,4H3/t11-,12-,13-/m0/s1. The molecule has 0 rings (SSSR count). The zero-order chi connectivity index (χ0) is 12.4. The molecule has 0 aromatic rings. The maximum Gasteiger partial charge on any atom is 0.110 e. The van der Waals surface area contributed by atoms with Gasteiger partial charge in [-0.15, -0.1) is 6.58 Å². The van der Waals surface area contributed by atoms with Crippen LogP contribution < -0.4 is 0 Å². The Morgan fingerprint density at radius 2 is 1.88 bits per heavy atom. The quantitative estimate of drug-likeness (QED) is 0.463. The summed E-state index contributed by atoms with van der Waals surface area (Å²) in [6.07, 6.45) is 3.50. The molecule has 3 heteroatoms. The van der Waals surface area contributed by atoms with Crippen LogP contribution in [0.15, 0.2) is 12.7 Å². The van der Waals surface area contributed by atoms with Crippen LogP contribution in [-0.4, -0.2) is 36.6 Å². The Morgan fingerprint density at radius 3 is 2.38 bits per heavy atom. The van der Waals surface area contributed by atoms with Crippen LogP contribution >= 0.6 is 0 Å². The van der Waals surface area contributed by atoms with Crippen molar-refractivity contribution in [3.8, 4) is 0 Å². The van der Waals surface area contributed by atoms with Crippen LogP contribution in [0.1, 0.15) is 40.0 Å². The Bertz CT molecular complexity index is 171. The molecular formula is C13H26O3. The highest BCUT2D eigenvalue weighted by Crippen LogP contribution is 2.10. The summed E-state index contributed by atoms with van der Waals surface area (Å²) >= 11 is 0. The van der Waals surface area contributed by atoms with Gasteiger partial charge in [0, 0.05) is 13.2 Å². The van der Waals surface area contributed by atoms with Crippen molar-refractivity contribution in [3.63, 3.8) is 0 Å². The van der Waals surface area contributed by atoms with E-state index in [4.69, 9.17) is 9.47 Å². The monoisotopic (exact) mass is 230 g/mol. The van der Waals surface area contributed by atoms with Gasteiger partial charge in [-0.25, -0.2) is 0 Å². The largest absolute Gasteiger partial charge is 0.387 e. The van der Waals surface area contributed by atoms with E-state index in [1.54, 1.807) is 6.08 Å². The van der Waals surface area contributed by atoms with Crippen LogP contribution in [0.5, 0.6) is 0 Å². The average Bonchev–Trinajstić information content (AvgIpc) is 2.30. The second kappa shape index (κ2) is 9.82. The summed E-state index contributed by atoms with van der Waals surface area (Å²) in [5.74, 6) is 0. The normalized spacial score (nSPS) is 16.8. The summed E-state index contributed by atoms with van der Waals surface area (Å²) in [5, 5.41) is 9.98. The van der Waals surface area contributed by atoms with E-state index in [0.29, 0.717) is 13.2 Å². The second-order valence-electron chi connectivity index (χ2n) is 3.99. The fraction of sp³-hybridized carbons (Fsp3) is 0.846. The van der Waals surface area contributed by atoms with E-state index in [1.165, 1.54) is 0 Å². The molecule has 0 spiro atoms. The highest BCUT2D eigenvalue weighted by Gasteiger charge is 2.23. The zero-order valence-electron chi connectivity index (χ0n) is 10.8. The molecule has 0 aliphatic rings. The molecule has 0 saturated heterocycles. The third-order valence-electron chi connectivity index (χ3n) is 2.44. The smallest absolute Gasteiger partial charge is 0.110 e. The molecule has 0 radical (unpaired) electrons. The van der Waals surface area contributed by atoms with Crippen molar-refractivity contribution in [1.29, 1.82) is 0 Å². The molecule has 3 atom stereocenters. The molecule has 0 aromatic heterocycles. The number of ether oxygens (including phenoxy) is 2. The molecule has 0 amide bonds. The number of hydrogen-bond donors (Lipinski definition) is 1. The lowest BCUT2D eigenvalue weighted by atomic mass is 10.1. The first-order valence-electron chi connectivity index (χ1n) is 6.21. The molecule has 0 saturated carbocycles. The minimum atomic E-state index is -0.638. The van der Waals surface area contributed by atoms with Gasteiger partial charge in [0.05, 0.1) is 6.10 Å². The lowest BCUT2D eigenvalue weighted by molar-refractivity contribution is -0.0892. The highest BCUT2D eigenvalue weighted by molar-refractivity contribution is 4.89. The van der Waals surface area contributed by atoms with Gasteiger partial charge >= 0.3 is 0 Å². The van der Waals surface area contributed by atoms with Crippen molar-refractivity contribution in [1.82, 2.24) is 0 Å². The molecule has 16 heavy (non-hydrogen) atoms. The number of hydrogen-bond acceptors (Lipinski definition) is 3. The summed E-state index contributed by atoms with van der Waals surface area (Å²) in [7, 11) is 0. The molecular weight excluding hydrogens is 204 g/mol. The van der Waals surface area contributed by atoms with Gasteiger partial charge in [0.15, 0.2) is 0 Å². The Hall–Kier alpha value is -0.380. The third-order valence-corrected chi connectivity index (χ3v) is 2.44. The number of aliphatic hydroxyl groups excluding tert-OH is 1. The van der Waals surface area contributed by atoms with Gasteiger partial charge in [0.2, 0.25) is 0 Å². The van der Waals surface area contributed by atoms with Crippen LogP contribution in [0.2, 0.25) is 0 Å². The molecule has 3 nitrogen and oxygen atoms in total. The first kappa shape index (κ1) is 15.6. The van der Waals surface area contributed by atoms with Crippen LogP contribution in [0, 0.1) is 0 Å². The summed E-state index contributed by atoms with van der Waals surface area (Å²) < 4.78 is 11.0. The Kier molecular flexibility index (Phi) is 9.59. The molecule has 0 unspecified atom stereocenters. The van der Waals surface area contributed by atoms with Crippen LogP contribution in [0.25, 0.3) is 0 Å². The molecule has 0 aliphatic heterocycles. The summed E-state index contributed by atoms with van der Waals surface area (Å²) in [4.78, 5) is 0. The van der Waals surface area contributed by atoms with Crippen molar-refractivity contribution >= 4 is 0 Å². The summed E-state index contributed by atoms with van der Waals surface area (Å²) in [6, 6.07) is 0. The maximum absolute atomic E-state index is 9.98. The topological polar surface area (TPSA) is 38.7 Å². The minimum absolute atomic E-state index is 0.216. The Morgan fingerprint density at radius 1 is 1.19 bits per heavy atom. The van der Waals surface area contributed by atoms with Crippen molar-refractivity contribution in [2.75, 3.05) is 13.2 Å². The van der Waals surface area contributed by atoms with Crippen molar-refractivity contribution in [3.05, 3.63) is 12.7 Å². The maximum atomic E-state index is 9.98. The molecule has 0 heterocycles. The first-order chi connectivity index (χ1) is 7.67. The minimum Gasteiger partial charge on any atom is -0.387 e. The van der Waals surface area contributed by atoms with Crippen LogP contribution in [0.3, 0.4) is 0 Å². The molecule has 0 aromatic carbocycles. The van der Waals surface area contributed by atoms with Gasteiger partial charge < -0.3 is 14.6 Å². The molecule has 1 N–H and O–H groups in total. The first-order valence-corrected chi connectivity index (χ1v) is 6.21. The van der Waals surface area contributed by atoms with Gasteiger partial charge in [0.1, 0.15) is 12.2 Å². The number of aliphatic hydroxyl groups is 1. The lowest BCUT2D eigenvalue weighted by Gasteiger charge is -2.25. The number of unbranched alkanes of at least 4 members (excludes halogenated alkanes) is 1. The highest BCUT2D eigenvalue weighted by atomic mass is 16.5. The average molecular weight is 230 g/mol.